The largest absolute Gasteiger partial charge is 0.569 e. The van der Waals surface area contributed by atoms with Crippen LogP contribution < -0.4 is 0 Å². The van der Waals surface area contributed by atoms with Crippen molar-refractivity contribution in [1.82, 2.24) is 5.01 Å². The van der Waals surface area contributed by atoms with Crippen LogP contribution in [-0.4, -0.2) is 28.3 Å². The van der Waals surface area contributed by atoms with Crippen LogP contribution in [0.1, 0.15) is 6.42 Å². The van der Waals surface area contributed by atoms with Gasteiger partial charge in [-0.25, -0.2) is 0 Å². The molecule has 1 saturated heterocycles. The highest BCUT2D eigenvalue weighted by Gasteiger charge is 2.20. The molecule has 0 spiro atoms. The summed E-state index contributed by atoms with van der Waals surface area (Å²) < 4.78 is 0. The smallest absolute Gasteiger partial charge is 0.230 e. The fraction of sp³-hybridized carbons (Fsp3) is 1.00. The molecule has 5 heteroatoms. The molecule has 0 radical (unpaired) electrons. The molecule has 8 heavy (non-hydrogen) atoms. The molecule has 1 N–H and O–H groups in total. The van der Waals surface area contributed by atoms with E-state index in [1.54, 1.807) is 0 Å². The number of nitrogens with zero attached hydrogens (tertiary/aromatic N) is 3. The molecule has 46 valence electrons. The molecule has 0 aliphatic carbocycles. The molecule has 0 aromatic heterocycles. The SMILES string of the molecule is [O-][N+](=NO)N1CCC1. The summed E-state index contributed by atoms with van der Waals surface area (Å²) in [4.78, 5) is 0.198. The normalized spacial score (nSPS) is 20.5. The Bertz CT molecular complexity index is 109. The first-order chi connectivity index (χ1) is 3.84. The van der Waals surface area contributed by atoms with Gasteiger partial charge in [-0.1, -0.05) is 0 Å². The van der Waals surface area contributed by atoms with Gasteiger partial charge in [-0.2, -0.15) is 0 Å². The summed E-state index contributed by atoms with van der Waals surface area (Å²) in [5.41, 5.74) is 0. The lowest BCUT2D eigenvalue weighted by Gasteiger charge is -2.24. The fourth-order valence-electron chi connectivity index (χ4n) is 0.527. The maximum absolute atomic E-state index is 10.2. The van der Waals surface area contributed by atoms with Gasteiger partial charge >= 0.3 is 0 Å². The Morgan fingerprint density at radius 2 is 2.25 bits per heavy atom. The maximum Gasteiger partial charge on any atom is 0.230 e. The van der Waals surface area contributed by atoms with Gasteiger partial charge in [0.15, 0.2) is 0 Å². The Morgan fingerprint density at radius 3 is 2.38 bits per heavy atom. The second-order valence-electron chi connectivity index (χ2n) is 1.65. The van der Waals surface area contributed by atoms with Crippen molar-refractivity contribution >= 4 is 0 Å². The molecule has 1 fully saturated rings. The molecule has 0 aromatic rings. The van der Waals surface area contributed by atoms with E-state index in [9.17, 15) is 5.21 Å². The Labute approximate surface area is 46.3 Å². The monoisotopic (exact) mass is 117 g/mol. The van der Waals surface area contributed by atoms with Crippen LogP contribution in [0.4, 0.5) is 0 Å². The molecule has 0 bridgehead atoms. The highest BCUT2D eigenvalue weighted by molar-refractivity contribution is 4.56. The zero-order valence-corrected chi connectivity index (χ0v) is 4.32. The first-order valence-electron chi connectivity index (χ1n) is 2.42. The molecule has 1 heterocycles. The van der Waals surface area contributed by atoms with Crippen molar-refractivity contribution in [2.24, 2.45) is 5.28 Å². The lowest BCUT2D eigenvalue weighted by molar-refractivity contribution is -0.721. The van der Waals surface area contributed by atoms with Crippen LogP contribution in [0.2, 0.25) is 0 Å². The molecular weight excluding hydrogens is 110 g/mol. The van der Waals surface area contributed by atoms with E-state index in [4.69, 9.17) is 5.21 Å². The van der Waals surface area contributed by atoms with Crippen molar-refractivity contribution < 1.29 is 10.2 Å². The van der Waals surface area contributed by atoms with Crippen molar-refractivity contribution in [3.05, 3.63) is 5.21 Å². The van der Waals surface area contributed by atoms with Crippen molar-refractivity contribution in [3.8, 4) is 0 Å². The third-order valence-corrected chi connectivity index (χ3v) is 1.15. The van der Waals surface area contributed by atoms with Crippen LogP contribution in [0, 0.1) is 5.21 Å². The molecular formula is C3H7N3O2. The number of hydrazine groups is 1. The average molecular weight is 117 g/mol. The third kappa shape index (κ3) is 0.661. The molecule has 1 aliphatic rings. The Morgan fingerprint density at radius 1 is 1.62 bits per heavy atom. The summed E-state index contributed by atoms with van der Waals surface area (Å²) in [6, 6.07) is 0. The van der Waals surface area contributed by atoms with Crippen molar-refractivity contribution in [2.45, 2.75) is 6.42 Å². The number of hydrogen-bond acceptors (Lipinski definition) is 2. The quantitative estimate of drug-likeness (QED) is 0.298. The van der Waals surface area contributed by atoms with Crippen LogP contribution in [0.3, 0.4) is 0 Å². The Kier molecular flexibility index (Phi) is 1.19. The van der Waals surface area contributed by atoms with E-state index >= 15 is 0 Å². The summed E-state index contributed by atoms with van der Waals surface area (Å²) in [5.74, 6) is 0. The van der Waals surface area contributed by atoms with E-state index in [1.807, 2.05) is 0 Å². The zero-order chi connectivity index (χ0) is 5.98. The van der Waals surface area contributed by atoms with E-state index in [-0.39, 0.29) is 4.97 Å². The van der Waals surface area contributed by atoms with Gasteiger partial charge in [0.05, 0.1) is 18.1 Å². The summed E-state index contributed by atoms with van der Waals surface area (Å²) >= 11 is 0. The molecule has 0 amide bonds. The minimum Gasteiger partial charge on any atom is -0.569 e. The van der Waals surface area contributed by atoms with Crippen LogP contribution >= 0.6 is 0 Å². The lowest BCUT2D eigenvalue weighted by atomic mass is 10.3. The highest BCUT2D eigenvalue weighted by atomic mass is 16.6. The summed E-state index contributed by atoms with van der Waals surface area (Å²) in [5, 5.41) is 21.9. The van der Waals surface area contributed by atoms with Crippen molar-refractivity contribution in [2.75, 3.05) is 13.1 Å². The van der Waals surface area contributed by atoms with Gasteiger partial charge in [-0.05, 0) is 6.42 Å². The Hall–Kier alpha value is -1.00. The van der Waals surface area contributed by atoms with Gasteiger partial charge in [0.2, 0.25) is 5.28 Å². The minimum atomic E-state index is 0.198. The topological polar surface area (TPSA) is 61.9 Å². The Balaban J connectivity index is 2.34. The van der Waals surface area contributed by atoms with E-state index in [0.29, 0.717) is 13.1 Å². The summed E-state index contributed by atoms with van der Waals surface area (Å²) in [7, 11) is 0. The molecule has 5 nitrogen and oxygen atoms in total. The van der Waals surface area contributed by atoms with Gasteiger partial charge in [-0.3, -0.25) is 0 Å². The van der Waals surface area contributed by atoms with Crippen LogP contribution in [-0.2, 0) is 0 Å². The van der Waals surface area contributed by atoms with Gasteiger partial charge < -0.3 is 10.4 Å². The first-order valence-corrected chi connectivity index (χ1v) is 2.42. The van der Waals surface area contributed by atoms with Gasteiger partial charge in [0.25, 0.3) is 0 Å². The predicted molar refractivity (Wildman–Crippen MR) is 24.0 cm³/mol. The molecule has 0 aromatic carbocycles. The van der Waals surface area contributed by atoms with E-state index in [0.717, 1.165) is 6.42 Å². The summed E-state index contributed by atoms with van der Waals surface area (Å²) in [6.07, 6.45) is 1.01. The van der Waals surface area contributed by atoms with Gasteiger partial charge in [0, 0.05) is 0 Å². The zero-order valence-electron chi connectivity index (χ0n) is 4.32. The van der Waals surface area contributed by atoms with E-state index in [2.05, 4.69) is 5.28 Å². The summed E-state index contributed by atoms with van der Waals surface area (Å²) in [6.45, 7) is 1.40. The van der Waals surface area contributed by atoms with Crippen LogP contribution in [0.25, 0.3) is 0 Å². The average Bonchev–Trinajstić information content (AvgIpc) is 1.62. The van der Waals surface area contributed by atoms with Gasteiger partial charge in [0.1, 0.15) is 0 Å². The second kappa shape index (κ2) is 1.85. The van der Waals surface area contributed by atoms with E-state index in [1.165, 1.54) is 5.01 Å². The van der Waals surface area contributed by atoms with E-state index < -0.39 is 0 Å². The fourth-order valence-corrected chi connectivity index (χ4v) is 0.527. The maximum atomic E-state index is 10.2. The van der Waals surface area contributed by atoms with Crippen LogP contribution in [0.5, 0.6) is 0 Å². The standard InChI is InChI=1S/C3H7N3O2/c7-4-6(8)5-2-1-3-5/h7H,1-3H2. The predicted octanol–water partition coefficient (Wildman–Crippen LogP) is -0.0412. The molecule has 0 saturated carbocycles. The molecule has 0 unspecified atom stereocenters. The second-order valence-corrected chi connectivity index (χ2v) is 1.65. The number of hydrogen-bond donors (Lipinski definition) is 1. The molecule has 1 aliphatic heterocycles. The van der Waals surface area contributed by atoms with Crippen molar-refractivity contribution in [3.63, 3.8) is 0 Å². The number of rotatable bonds is 1. The van der Waals surface area contributed by atoms with Crippen LogP contribution in [0.15, 0.2) is 5.28 Å². The lowest BCUT2D eigenvalue weighted by Crippen LogP contribution is -2.41. The third-order valence-electron chi connectivity index (χ3n) is 1.15. The molecule has 1 rings (SSSR count). The first kappa shape index (κ1) is 5.14. The highest BCUT2D eigenvalue weighted by Crippen LogP contribution is 2.04. The molecule has 0 atom stereocenters. The van der Waals surface area contributed by atoms with Gasteiger partial charge in [-0.15, -0.1) is 5.01 Å². The minimum absolute atomic E-state index is 0.198. The van der Waals surface area contributed by atoms with Crippen molar-refractivity contribution in [1.29, 1.82) is 0 Å².